The van der Waals surface area contributed by atoms with Crippen LogP contribution in [0.4, 0.5) is 0 Å². The van der Waals surface area contributed by atoms with Crippen molar-refractivity contribution in [2.45, 2.75) is 32.1 Å². The van der Waals surface area contributed by atoms with Crippen LogP contribution in [0.25, 0.3) is 0 Å². The Morgan fingerprint density at radius 2 is 2.18 bits per heavy atom. The van der Waals surface area contributed by atoms with Crippen molar-refractivity contribution in [2.75, 3.05) is 6.61 Å². The number of aryl methyl sites for hydroxylation is 1. The van der Waals surface area contributed by atoms with E-state index in [4.69, 9.17) is 21.6 Å². The average Bonchev–Trinajstić information content (AvgIpc) is 2.30. The van der Waals surface area contributed by atoms with Crippen molar-refractivity contribution in [3.63, 3.8) is 0 Å². The molecule has 0 spiro atoms. The van der Waals surface area contributed by atoms with E-state index in [9.17, 15) is 0 Å². The van der Waals surface area contributed by atoms with Crippen LogP contribution in [-0.4, -0.2) is 6.61 Å². The topological polar surface area (TPSA) is 33.0 Å². The van der Waals surface area contributed by atoms with Gasteiger partial charge in [-0.25, -0.2) is 0 Å². The van der Waals surface area contributed by atoms with Gasteiger partial charge in [-0.1, -0.05) is 15.9 Å². The number of hydrogen-bond donors (Lipinski definition) is 0. The molecule has 0 unspecified atom stereocenters. The summed E-state index contributed by atoms with van der Waals surface area (Å²) >= 11 is 9.33. The molecule has 0 atom stereocenters. The molecule has 0 radical (unpaired) electrons. The summed E-state index contributed by atoms with van der Waals surface area (Å²) in [6, 6.07) is 6.12. The van der Waals surface area contributed by atoms with E-state index in [0.29, 0.717) is 18.9 Å². The molecule has 0 bridgehead atoms. The third-order valence-corrected chi connectivity index (χ3v) is 3.14. The lowest BCUT2D eigenvalue weighted by Crippen LogP contribution is -2.01. The van der Waals surface area contributed by atoms with Crippen LogP contribution in [0.1, 0.15) is 30.4 Å². The van der Waals surface area contributed by atoms with E-state index >= 15 is 0 Å². The Morgan fingerprint density at radius 3 is 2.82 bits per heavy atom. The predicted molar refractivity (Wildman–Crippen MR) is 73.4 cm³/mol. The minimum absolute atomic E-state index is 0.438. The van der Waals surface area contributed by atoms with Crippen LogP contribution in [0.2, 0.25) is 0 Å². The quantitative estimate of drug-likeness (QED) is 0.569. The average molecular weight is 317 g/mol. The van der Waals surface area contributed by atoms with Gasteiger partial charge in [0, 0.05) is 16.5 Å². The number of rotatable bonds is 6. The summed E-state index contributed by atoms with van der Waals surface area (Å²) in [5.41, 5.74) is 2.08. The lowest BCUT2D eigenvalue weighted by Gasteiger charge is -2.13. The second-order valence-corrected chi connectivity index (χ2v) is 4.99. The lowest BCUT2D eigenvalue weighted by molar-refractivity contribution is 0.303. The number of halogens is 2. The molecule has 1 aromatic rings. The summed E-state index contributed by atoms with van der Waals surface area (Å²) in [4.78, 5) is 0. The predicted octanol–water partition coefficient (Wildman–Crippen LogP) is 4.57. The van der Waals surface area contributed by atoms with E-state index in [-0.39, 0.29) is 0 Å². The van der Waals surface area contributed by atoms with Crippen molar-refractivity contribution < 1.29 is 4.74 Å². The van der Waals surface area contributed by atoms with Gasteiger partial charge in [0.05, 0.1) is 18.6 Å². The van der Waals surface area contributed by atoms with Gasteiger partial charge >= 0.3 is 0 Å². The van der Waals surface area contributed by atoms with Crippen LogP contribution in [0.5, 0.6) is 5.75 Å². The Bertz CT molecular complexity index is 415. The summed E-state index contributed by atoms with van der Waals surface area (Å²) in [6.45, 7) is 2.64. The first-order valence-corrected chi connectivity index (χ1v) is 6.86. The molecule has 0 amide bonds. The molecule has 0 aliphatic rings. The molecule has 1 aromatic carbocycles. The van der Waals surface area contributed by atoms with Crippen molar-refractivity contribution in [1.82, 2.24) is 0 Å². The number of hydrogen-bond acceptors (Lipinski definition) is 2. The zero-order valence-electron chi connectivity index (χ0n) is 9.80. The molecule has 1 rings (SSSR count). The van der Waals surface area contributed by atoms with Gasteiger partial charge in [0.2, 0.25) is 0 Å². The highest BCUT2D eigenvalue weighted by Crippen LogP contribution is 2.29. The van der Waals surface area contributed by atoms with Crippen molar-refractivity contribution in [1.29, 1.82) is 5.26 Å². The molecule has 0 fully saturated rings. The molecule has 2 nitrogen and oxygen atoms in total. The minimum atomic E-state index is 0.438. The maximum Gasteiger partial charge on any atom is 0.126 e. The van der Waals surface area contributed by atoms with Crippen molar-refractivity contribution >= 4 is 27.5 Å². The second-order valence-electron chi connectivity index (χ2n) is 3.81. The third-order valence-electron chi connectivity index (χ3n) is 2.39. The van der Waals surface area contributed by atoms with Crippen LogP contribution in [0.15, 0.2) is 16.6 Å². The first kappa shape index (κ1) is 14.3. The van der Waals surface area contributed by atoms with Gasteiger partial charge in [-0.2, -0.15) is 5.26 Å². The SMILES string of the molecule is Cc1cc(Br)cc(CCl)c1OCCCCC#N. The highest BCUT2D eigenvalue weighted by Gasteiger charge is 2.08. The largest absolute Gasteiger partial charge is 0.493 e. The van der Waals surface area contributed by atoms with Gasteiger partial charge in [-0.05, 0) is 37.5 Å². The zero-order valence-corrected chi connectivity index (χ0v) is 12.1. The smallest absolute Gasteiger partial charge is 0.126 e. The normalized spacial score (nSPS) is 10.0. The molecule has 0 saturated heterocycles. The summed E-state index contributed by atoms with van der Waals surface area (Å²) in [5.74, 6) is 1.31. The standard InChI is InChI=1S/C13H15BrClNO/c1-10-7-12(14)8-11(9-15)13(10)17-6-4-2-3-5-16/h7-8H,2-4,6,9H2,1H3. The van der Waals surface area contributed by atoms with E-state index in [1.165, 1.54) is 0 Å². The molecule has 0 aromatic heterocycles. The first-order valence-electron chi connectivity index (χ1n) is 5.53. The van der Waals surface area contributed by atoms with Gasteiger partial charge in [-0.15, -0.1) is 11.6 Å². The van der Waals surface area contributed by atoms with Gasteiger partial charge in [0.15, 0.2) is 0 Å². The van der Waals surface area contributed by atoms with Crippen molar-refractivity contribution in [3.05, 3.63) is 27.7 Å². The Morgan fingerprint density at radius 1 is 1.41 bits per heavy atom. The highest BCUT2D eigenvalue weighted by atomic mass is 79.9. The molecular formula is C13H15BrClNO. The first-order chi connectivity index (χ1) is 8.19. The number of alkyl halides is 1. The van der Waals surface area contributed by atoms with Crippen LogP contribution in [0, 0.1) is 18.3 Å². The number of nitrogens with zero attached hydrogens (tertiary/aromatic N) is 1. The van der Waals surface area contributed by atoms with E-state index < -0.39 is 0 Å². The molecule has 0 aliphatic carbocycles. The van der Waals surface area contributed by atoms with Crippen LogP contribution in [0.3, 0.4) is 0 Å². The summed E-state index contributed by atoms with van der Waals surface area (Å²) < 4.78 is 6.76. The maximum absolute atomic E-state index is 8.43. The van der Waals surface area contributed by atoms with E-state index in [1.54, 1.807) is 0 Å². The number of benzene rings is 1. The van der Waals surface area contributed by atoms with Crippen LogP contribution in [-0.2, 0) is 5.88 Å². The number of ether oxygens (including phenoxy) is 1. The van der Waals surface area contributed by atoms with Crippen LogP contribution < -0.4 is 4.74 Å². The molecule has 0 aliphatic heterocycles. The van der Waals surface area contributed by atoms with Crippen molar-refractivity contribution in [3.8, 4) is 11.8 Å². The molecule has 92 valence electrons. The fourth-order valence-corrected chi connectivity index (χ4v) is 2.40. The van der Waals surface area contributed by atoms with Gasteiger partial charge in [-0.3, -0.25) is 0 Å². The monoisotopic (exact) mass is 315 g/mol. The summed E-state index contributed by atoms with van der Waals surface area (Å²) in [5, 5.41) is 8.43. The number of nitriles is 1. The third kappa shape index (κ3) is 4.57. The van der Waals surface area contributed by atoms with E-state index in [1.807, 2.05) is 19.1 Å². The molecule has 0 heterocycles. The number of unbranched alkanes of at least 4 members (excludes halogenated alkanes) is 2. The maximum atomic E-state index is 8.43. The molecule has 4 heteroatoms. The fraction of sp³-hybridized carbons (Fsp3) is 0.462. The van der Waals surface area contributed by atoms with Crippen LogP contribution >= 0.6 is 27.5 Å². The summed E-state index contributed by atoms with van der Waals surface area (Å²) in [7, 11) is 0. The van der Waals surface area contributed by atoms with Crippen molar-refractivity contribution in [2.24, 2.45) is 0 Å². The van der Waals surface area contributed by atoms with Gasteiger partial charge in [0.1, 0.15) is 5.75 Å². The zero-order chi connectivity index (χ0) is 12.7. The second kappa shape index (κ2) is 7.58. The van der Waals surface area contributed by atoms with Gasteiger partial charge in [0.25, 0.3) is 0 Å². The molecule has 17 heavy (non-hydrogen) atoms. The highest BCUT2D eigenvalue weighted by molar-refractivity contribution is 9.10. The van der Waals surface area contributed by atoms with Gasteiger partial charge < -0.3 is 4.74 Å². The minimum Gasteiger partial charge on any atom is -0.493 e. The Hall–Kier alpha value is -0.720. The van der Waals surface area contributed by atoms with E-state index in [2.05, 4.69) is 22.0 Å². The molecule has 0 N–H and O–H groups in total. The molecular weight excluding hydrogens is 302 g/mol. The lowest BCUT2D eigenvalue weighted by atomic mass is 10.1. The fourth-order valence-electron chi connectivity index (χ4n) is 1.59. The molecule has 0 saturated carbocycles. The Labute approximate surface area is 116 Å². The Balaban J connectivity index is 2.61. The summed E-state index contributed by atoms with van der Waals surface area (Å²) in [6.07, 6.45) is 2.36. The Kier molecular flexibility index (Phi) is 6.39. The van der Waals surface area contributed by atoms with E-state index in [0.717, 1.165) is 34.2 Å².